The Labute approximate surface area is 122 Å². The van der Waals surface area contributed by atoms with Crippen LogP contribution in [0.3, 0.4) is 0 Å². The normalized spacial score (nSPS) is 13.5. The maximum Gasteiger partial charge on any atom is 0.261 e. The lowest BCUT2D eigenvalue weighted by Gasteiger charge is -2.09. The highest BCUT2D eigenvalue weighted by atomic mass is 16.2. The third kappa shape index (κ3) is 2.12. The molecule has 0 unspecified atom stereocenters. The Morgan fingerprint density at radius 2 is 1.57 bits per heavy atom. The molecular weight excluding hydrogens is 266 g/mol. The number of nitrogen functional groups attached to an aromatic ring is 1. The molecule has 21 heavy (non-hydrogen) atoms. The number of benzene rings is 2. The minimum absolute atomic E-state index is 0.259. The molecular formula is C16H15N3O2. The number of carbonyl (C=O) groups excluding carboxylic acids is 2. The Balaban J connectivity index is 1.93. The summed E-state index contributed by atoms with van der Waals surface area (Å²) in [6.45, 7) is 1.93. The summed E-state index contributed by atoms with van der Waals surface area (Å²) in [5.74, 6) is -0.531. The number of hydrogen-bond acceptors (Lipinski definition) is 4. The van der Waals surface area contributed by atoms with Gasteiger partial charge in [-0.1, -0.05) is 0 Å². The summed E-state index contributed by atoms with van der Waals surface area (Å²) in [6, 6.07) is 10.8. The van der Waals surface area contributed by atoms with Crippen LogP contribution in [0.25, 0.3) is 0 Å². The van der Waals surface area contributed by atoms with Crippen LogP contribution in [0.5, 0.6) is 0 Å². The van der Waals surface area contributed by atoms with Crippen LogP contribution in [0.1, 0.15) is 26.3 Å². The number of nitrogens with zero attached hydrogens (tertiary/aromatic N) is 1. The molecule has 106 valence electrons. The van der Waals surface area contributed by atoms with Gasteiger partial charge < -0.3 is 11.1 Å². The summed E-state index contributed by atoms with van der Waals surface area (Å²) in [4.78, 5) is 24.9. The SMILES string of the molecule is Cc1cc(Nc2ccc3c(c2)C(=O)N(C)C3=O)ccc1N. The van der Waals surface area contributed by atoms with Crippen molar-refractivity contribution < 1.29 is 9.59 Å². The molecule has 0 radical (unpaired) electrons. The van der Waals surface area contributed by atoms with Gasteiger partial charge in [-0.3, -0.25) is 14.5 Å². The second kappa shape index (κ2) is 4.63. The number of nitrogens with one attached hydrogen (secondary N) is 1. The van der Waals surface area contributed by atoms with Gasteiger partial charge in [-0.25, -0.2) is 0 Å². The number of hydrogen-bond donors (Lipinski definition) is 2. The van der Waals surface area contributed by atoms with Crippen molar-refractivity contribution in [2.24, 2.45) is 0 Å². The van der Waals surface area contributed by atoms with Gasteiger partial charge in [0.15, 0.2) is 0 Å². The predicted molar refractivity (Wildman–Crippen MR) is 81.7 cm³/mol. The van der Waals surface area contributed by atoms with Gasteiger partial charge in [0.05, 0.1) is 11.1 Å². The molecule has 0 aromatic heterocycles. The fourth-order valence-corrected chi connectivity index (χ4v) is 2.36. The number of aryl methyl sites for hydroxylation is 1. The lowest BCUT2D eigenvalue weighted by molar-refractivity contribution is 0.0693. The molecule has 0 saturated heterocycles. The van der Waals surface area contributed by atoms with Crippen LogP contribution in [0, 0.1) is 6.92 Å². The average molecular weight is 281 g/mol. The Bertz CT molecular complexity index is 768. The zero-order chi connectivity index (χ0) is 15.1. The van der Waals surface area contributed by atoms with E-state index in [0.717, 1.165) is 27.5 Å². The van der Waals surface area contributed by atoms with E-state index in [4.69, 9.17) is 5.73 Å². The topological polar surface area (TPSA) is 75.4 Å². The van der Waals surface area contributed by atoms with Gasteiger partial charge in [-0.05, 0) is 48.9 Å². The van der Waals surface area contributed by atoms with Crippen molar-refractivity contribution in [1.82, 2.24) is 4.90 Å². The molecule has 1 aliphatic rings. The van der Waals surface area contributed by atoms with E-state index in [-0.39, 0.29) is 11.8 Å². The molecule has 0 aliphatic carbocycles. The summed E-state index contributed by atoms with van der Waals surface area (Å²) in [5, 5.41) is 3.21. The second-order valence-corrected chi connectivity index (χ2v) is 5.13. The van der Waals surface area contributed by atoms with Gasteiger partial charge in [-0.15, -0.1) is 0 Å². The number of amides is 2. The molecule has 2 aromatic carbocycles. The van der Waals surface area contributed by atoms with Crippen molar-refractivity contribution in [2.45, 2.75) is 6.92 Å². The quantitative estimate of drug-likeness (QED) is 0.655. The second-order valence-electron chi connectivity index (χ2n) is 5.13. The summed E-state index contributed by atoms with van der Waals surface area (Å²) in [7, 11) is 1.49. The van der Waals surface area contributed by atoms with E-state index in [0.29, 0.717) is 11.1 Å². The van der Waals surface area contributed by atoms with Crippen molar-refractivity contribution in [1.29, 1.82) is 0 Å². The van der Waals surface area contributed by atoms with Crippen LogP contribution < -0.4 is 11.1 Å². The maximum atomic E-state index is 12.0. The Morgan fingerprint density at radius 3 is 2.29 bits per heavy atom. The molecule has 0 fully saturated rings. The van der Waals surface area contributed by atoms with Crippen molar-refractivity contribution >= 4 is 28.9 Å². The Kier molecular flexibility index (Phi) is 2.90. The Hall–Kier alpha value is -2.82. The van der Waals surface area contributed by atoms with Crippen LogP contribution in [0.15, 0.2) is 36.4 Å². The zero-order valence-electron chi connectivity index (χ0n) is 11.8. The molecule has 2 amide bonds. The lowest BCUT2D eigenvalue weighted by Crippen LogP contribution is -2.24. The monoisotopic (exact) mass is 281 g/mol. The van der Waals surface area contributed by atoms with Crippen LogP contribution in [0.4, 0.5) is 17.1 Å². The van der Waals surface area contributed by atoms with Crippen LogP contribution in [0.2, 0.25) is 0 Å². The van der Waals surface area contributed by atoms with E-state index in [2.05, 4.69) is 5.32 Å². The summed E-state index contributed by atoms with van der Waals surface area (Å²) >= 11 is 0. The number of rotatable bonds is 2. The molecule has 5 nitrogen and oxygen atoms in total. The molecule has 0 bridgehead atoms. The van der Waals surface area contributed by atoms with Gasteiger partial charge in [0, 0.05) is 24.1 Å². The highest BCUT2D eigenvalue weighted by molar-refractivity contribution is 6.21. The fraction of sp³-hybridized carbons (Fsp3) is 0.125. The van der Waals surface area contributed by atoms with E-state index >= 15 is 0 Å². The summed E-state index contributed by atoms with van der Waals surface area (Å²) < 4.78 is 0. The van der Waals surface area contributed by atoms with Gasteiger partial charge in [0.1, 0.15) is 0 Å². The van der Waals surface area contributed by atoms with Gasteiger partial charge in [0.25, 0.3) is 11.8 Å². The first-order valence-corrected chi connectivity index (χ1v) is 6.57. The van der Waals surface area contributed by atoms with E-state index in [9.17, 15) is 9.59 Å². The summed E-state index contributed by atoms with van der Waals surface area (Å²) in [6.07, 6.45) is 0. The summed E-state index contributed by atoms with van der Waals surface area (Å²) in [5.41, 5.74) is 10.0. The first kappa shape index (κ1) is 13.2. The molecule has 1 heterocycles. The molecule has 3 rings (SSSR count). The number of carbonyl (C=O) groups is 2. The highest BCUT2D eigenvalue weighted by Gasteiger charge is 2.32. The molecule has 3 N–H and O–H groups in total. The smallest absolute Gasteiger partial charge is 0.261 e. The van der Waals surface area contributed by atoms with Gasteiger partial charge in [0.2, 0.25) is 0 Å². The van der Waals surface area contributed by atoms with E-state index in [1.807, 2.05) is 25.1 Å². The number of nitrogens with two attached hydrogens (primary N) is 1. The van der Waals surface area contributed by atoms with Gasteiger partial charge >= 0.3 is 0 Å². The highest BCUT2D eigenvalue weighted by Crippen LogP contribution is 2.27. The minimum atomic E-state index is -0.271. The standard InChI is InChI=1S/C16H15N3O2/c1-9-7-10(4-6-14(9)17)18-11-3-5-12-13(8-11)16(21)19(2)15(12)20/h3-8,18H,17H2,1-2H3. The van der Waals surface area contributed by atoms with Crippen LogP contribution in [-0.4, -0.2) is 23.8 Å². The van der Waals surface area contributed by atoms with Crippen molar-refractivity contribution in [3.05, 3.63) is 53.1 Å². The molecule has 2 aromatic rings. The van der Waals surface area contributed by atoms with Crippen molar-refractivity contribution in [3.63, 3.8) is 0 Å². The first-order chi connectivity index (χ1) is 9.97. The van der Waals surface area contributed by atoms with Crippen molar-refractivity contribution in [2.75, 3.05) is 18.1 Å². The number of imide groups is 1. The lowest BCUT2D eigenvalue weighted by atomic mass is 10.1. The predicted octanol–water partition coefficient (Wildman–Crippen LogP) is 2.55. The van der Waals surface area contributed by atoms with E-state index in [1.54, 1.807) is 18.2 Å². The number of fused-ring (bicyclic) bond motifs is 1. The van der Waals surface area contributed by atoms with Crippen LogP contribution >= 0.6 is 0 Å². The maximum absolute atomic E-state index is 12.0. The minimum Gasteiger partial charge on any atom is -0.399 e. The first-order valence-electron chi connectivity index (χ1n) is 6.57. The average Bonchev–Trinajstić information content (AvgIpc) is 2.68. The zero-order valence-corrected chi connectivity index (χ0v) is 11.8. The van der Waals surface area contributed by atoms with Crippen molar-refractivity contribution in [3.8, 4) is 0 Å². The molecule has 5 heteroatoms. The third-order valence-electron chi connectivity index (χ3n) is 3.65. The van der Waals surface area contributed by atoms with Gasteiger partial charge in [-0.2, -0.15) is 0 Å². The van der Waals surface area contributed by atoms with E-state index in [1.165, 1.54) is 7.05 Å². The Morgan fingerprint density at radius 1 is 0.952 bits per heavy atom. The molecule has 1 aliphatic heterocycles. The molecule has 0 atom stereocenters. The number of anilines is 3. The molecule has 0 saturated carbocycles. The third-order valence-corrected chi connectivity index (χ3v) is 3.65. The van der Waals surface area contributed by atoms with Crippen LogP contribution in [-0.2, 0) is 0 Å². The molecule has 0 spiro atoms. The fourth-order valence-electron chi connectivity index (χ4n) is 2.36. The largest absolute Gasteiger partial charge is 0.399 e. The van der Waals surface area contributed by atoms with E-state index < -0.39 is 0 Å².